The first kappa shape index (κ1) is 9.85. The largest absolute Gasteiger partial charge is 0.375 e. The second-order valence-corrected chi connectivity index (χ2v) is 5.64. The Bertz CT molecular complexity index is 200. The number of hydrogen-bond acceptors (Lipinski definition) is 4. The number of nitriles is 1. The van der Waals surface area contributed by atoms with Crippen LogP contribution in [0.5, 0.6) is 0 Å². The lowest BCUT2D eigenvalue weighted by atomic mass is 10.0. The molecule has 1 aliphatic rings. The molecular weight excluding hydrogens is 172 g/mol. The third kappa shape index (κ3) is 2.37. The molecule has 12 heavy (non-hydrogen) atoms. The van der Waals surface area contributed by atoms with E-state index in [-0.39, 0.29) is 4.75 Å². The molecule has 1 saturated heterocycles. The van der Waals surface area contributed by atoms with E-state index >= 15 is 0 Å². The molecule has 0 saturated carbocycles. The Morgan fingerprint density at radius 2 is 2.08 bits per heavy atom. The van der Waals surface area contributed by atoms with E-state index in [0.29, 0.717) is 13.2 Å². The summed E-state index contributed by atoms with van der Waals surface area (Å²) in [6.45, 7) is 7.33. The molecule has 0 aromatic heterocycles. The SMILES string of the molecule is CC(C)(C)SNC1(C#N)COC1. The van der Waals surface area contributed by atoms with E-state index in [0.717, 1.165) is 0 Å². The number of ether oxygens (including phenoxy) is 1. The van der Waals surface area contributed by atoms with Gasteiger partial charge in [-0.2, -0.15) is 5.26 Å². The van der Waals surface area contributed by atoms with Gasteiger partial charge in [-0.25, -0.2) is 4.72 Å². The van der Waals surface area contributed by atoms with Crippen LogP contribution < -0.4 is 4.72 Å². The van der Waals surface area contributed by atoms with Gasteiger partial charge in [-0.15, -0.1) is 0 Å². The lowest BCUT2D eigenvalue weighted by molar-refractivity contribution is -0.0312. The molecule has 1 heterocycles. The van der Waals surface area contributed by atoms with Crippen LogP contribution in [0, 0.1) is 11.3 Å². The zero-order valence-electron chi connectivity index (χ0n) is 7.68. The van der Waals surface area contributed by atoms with Gasteiger partial charge in [0.15, 0.2) is 5.54 Å². The van der Waals surface area contributed by atoms with Gasteiger partial charge < -0.3 is 4.74 Å². The predicted octanol–water partition coefficient (Wildman–Crippen LogP) is 1.32. The van der Waals surface area contributed by atoms with Crippen molar-refractivity contribution < 1.29 is 4.74 Å². The second kappa shape index (κ2) is 3.25. The minimum Gasteiger partial charge on any atom is -0.375 e. The Balaban J connectivity index is 2.36. The molecule has 1 fully saturated rings. The highest BCUT2D eigenvalue weighted by Crippen LogP contribution is 2.26. The van der Waals surface area contributed by atoms with Gasteiger partial charge in [0, 0.05) is 4.75 Å². The number of nitrogens with zero attached hydrogens (tertiary/aromatic N) is 1. The summed E-state index contributed by atoms with van der Waals surface area (Å²) in [5, 5.41) is 8.83. The van der Waals surface area contributed by atoms with Gasteiger partial charge in [0.05, 0.1) is 19.3 Å². The molecule has 0 bridgehead atoms. The fourth-order valence-electron chi connectivity index (χ4n) is 0.703. The van der Waals surface area contributed by atoms with E-state index in [1.54, 1.807) is 11.9 Å². The number of nitrogens with one attached hydrogen (secondary N) is 1. The molecule has 0 spiro atoms. The lowest BCUT2D eigenvalue weighted by Crippen LogP contribution is -2.57. The van der Waals surface area contributed by atoms with Crippen LogP contribution in [0.25, 0.3) is 0 Å². The van der Waals surface area contributed by atoms with Crippen molar-refractivity contribution >= 4 is 11.9 Å². The third-order valence-corrected chi connectivity index (χ3v) is 2.57. The first-order chi connectivity index (χ1) is 5.47. The van der Waals surface area contributed by atoms with E-state index in [1.165, 1.54) is 0 Å². The van der Waals surface area contributed by atoms with E-state index in [4.69, 9.17) is 10.00 Å². The van der Waals surface area contributed by atoms with Gasteiger partial charge in [-0.05, 0) is 20.8 Å². The Kier molecular flexibility index (Phi) is 2.67. The Labute approximate surface area is 77.6 Å². The average molecular weight is 186 g/mol. The zero-order chi connectivity index (χ0) is 9.24. The first-order valence-electron chi connectivity index (χ1n) is 3.92. The van der Waals surface area contributed by atoms with Crippen LogP contribution in [0.1, 0.15) is 20.8 Å². The Morgan fingerprint density at radius 1 is 1.50 bits per heavy atom. The summed E-state index contributed by atoms with van der Waals surface area (Å²) in [4.78, 5) is 0. The van der Waals surface area contributed by atoms with Crippen LogP contribution in [0.3, 0.4) is 0 Å². The average Bonchev–Trinajstić information content (AvgIpc) is 1.84. The smallest absolute Gasteiger partial charge is 0.162 e. The maximum Gasteiger partial charge on any atom is 0.162 e. The van der Waals surface area contributed by atoms with Crippen molar-refractivity contribution in [3.8, 4) is 6.07 Å². The van der Waals surface area contributed by atoms with Gasteiger partial charge in [0.1, 0.15) is 0 Å². The summed E-state index contributed by atoms with van der Waals surface area (Å²) < 4.78 is 8.29. The van der Waals surface area contributed by atoms with Crippen LogP contribution in [0.4, 0.5) is 0 Å². The maximum absolute atomic E-state index is 8.83. The predicted molar refractivity (Wildman–Crippen MR) is 49.6 cm³/mol. The van der Waals surface area contributed by atoms with Gasteiger partial charge in [0.2, 0.25) is 0 Å². The molecule has 0 amide bonds. The molecule has 0 atom stereocenters. The molecule has 0 aliphatic carbocycles. The van der Waals surface area contributed by atoms with Crippen molar-refractivity contribution in [2.24, 2.45) is 0 Å². The minimum absolute atomic E-state index is 0.138. The van der Waals surface area contributed by atoms with Crippen LogP contribution >= 0.6 is 11.9 Å². The van der Waals surface area contributed by atoms with Crippen LogP contribution in [0.15, 0.2) is 0 Å². The molecule has 0 unspecified atom stereocenters. The third-order valence-electron chi connectivity index (χ3n) is 1.46. The van der Waals surface area contributed by atoms with Crippen LogP contribution in [0.2, 0.25) is 0 Å². The highest BCUT2D eigenvalue weighted by molar-refractivity contribution is 7.98. The highest BCUT2D eigenvalue weighted by atomic mass is 32.2. The zero-order valence-corrected chi connectivity index (χ0v) is 8.49. The lowest BCUT2D eigenvalue weighted by Gasteiger charge is -2.37. The number of rotatable bonds is 2. The summed E-state index contributed by atoms with van der Waals surface area (Å²) in [6, 6.07) is 2.23. The summed E-state index contributed by atoms with van der Waals surface area (Å²) in [5.74, 6) is 0. The van der Waals surface area contributed by atoms with E-state index < -0.39 is 5.54 Å². The molecule has 1 N–H and O–H groups in total. The first-order valence-corrected chi connectivity index (χ1v) is 4.73. The summed E-state index contributed by atoms with van der Waals surface area (Å²) >= 11 is 1.59. The van der Waals surface area contributed by atoms with Crippen molar-refractivity contribution in [2.45, 2.75) is 31.1 Å². The van der Waals surface area contributed by atoms with Crippen molar-refractivity contribution in [3.63, 3.8) is 0 Å². The molecule has 1 rings (SSSR count). The van der Waals surface area contributed by atoms with Gasteiger partial charge in [0.25, 0.3) is 0 Å². The van der Waals surface area contributed by atoms with Crippen molar-refractivity contribution in [2.75, 3.05) is 13.2 Å². The standard InChI is InChI=1S/C8H14N2OS/c1-7(2,3)12-10-8(4-9)5-11-6-8/h10H,5-6H2,1-3H3. The van der Waals surface area contributed by atoms with E-state index in [9.17, 15) is 0 Å². The van der Waals surface area contributed by atoms with Gasteiger partial charge in [-0.1, -0.05) is 11.9 Å². The number of hydrogen-bond donors (Lipinski definition) is 1. The molecule has 68 valence electrons. The van der Waals surface area contributed by atoms with Gasteiger partial charge >= 0.3 is 0 Å². The topological polar surface area (TPSA) is 45.0 Å². The summed E-state index contributed by atoms with van der Waals surface area (Å²) in [6.07, 6.45) is 0. The molecule has 1 aliphatic heterocycles. The Morgan fingerprint density at radius 3 is 2.33 bits per heavy atom. The fraction of sp³-hybridized carbons (Fsp3) is 0.875. The van der Waals surface area contributed by atoms with Crippen molar-refractivity contribution in [1.82, 2.24) is 4.72 Å². The molecule has 4 heteroatoms. The summed E-state index contributed by atoms with van der Waals surface area (Å²) in [5.41, 5.74) is -0.433. The second-order valence-electron chi connectivity index (χ2n) is 4.00. The monoisotopic (exact) mass is 186 g/mol. The Hall–Kier alpha value is -0.240. The van der Waals surface area contributed by atoms with Crippen LogP contribution in [-0.2, 0) is 4.74 Å². The molecule has 0 aromatic rings. The molecule has 0 aromatic carbocycles. The minimum atomic E-state index is -0.433. The summed E-state index contributed by atoms with van der Waals surface area (Å²) in [7, 11) is 0. The van der Waals surface area contributed by atoms with Crippen molar-refractivity contribution in [1.29, 1.82) is 5.26 Å². The van der Waals surface area contributed by atoms with Crippen molar-refractivity contribution in [3.05, 3.63) is 0 Å². The normalized spacial score (nSPS) is 21.2. The molecular formula is C8H14N2OS. The van der Waals surface area contributed by atoms with E-state index in [1.807, 2.05) is 0 Å². The van der Waals surface area contributed by atoms with Gasteiger partial charge in [-0.3, -0.25) is 0 Å². The molecule has 0 radical (unpaired) electrons. The quantitative estimate of drug-likeness (QED) is 0.660. The van der Waals surface area contributed by atoms with E-state index in [2.05, 4.69) is 31.6 Å². The maximum atomic E-state index is 8.83. The molecule has 3 nitrogen and oxygen atoms in total. The highest BCUT2D eigenvalue weighted by Gasteiger charge is 2.39. The van der Waals surface area contributed by atoms with Crippen LogP contribution in [-0.4, -0.2) is 23.5 Å². The fourth-order valence-corrected chi connectivity index (χ4v) is 1.37.